The lowest BCUT2D eigenvalue weighted by Crippen LogP contribution is -2.38. The third-order valence-corrected chi connectivity index (χ3v) is 7.08. The highest BCUT2D eigenvalue weighted by Gasteiger charge is 2.30. The summed E-state index contributed by atoms with van der Waals surface area (Å²) in [5.41, 5.74) is 2.72. The molecule has 0 bridgehead atoms. The molecule has 0 N–H and O–H groups in total. The topological polar surface area (TPSA) is 96.4 Å². The van der Waals surface area contributed by atoms with Gasteiger partial charge in [0.15, 0.2) is 9.84 Å². The summed E-state index contributed by atoms with van der Waals surface area (Å²) in [5, 5.41) is 1.75. The molecule has 2 saturated heterocycles. The van der Waals surface area contributed by atoms with Crippen LogP contribution in [0.4, 0.5) is 5.95 Å². The number of thiazole rings is 1. The van der Waals surface area contributed by atoms with Crippen molar-refractivity contribution >= 4 is 33.0 Å². The fraction of sp³-hybridized carbons (Fsp3) is 0.556. The minimum Gasteiger partial charge on any atom is -0.341 e. The first kappa shape index (κ1) is 19.3. The molecule has 28 heavy (non-hydrogen) atoms. The molecular formula is C18H23N5O3S2. The molecule has 2 fully saturated rings. The SMILES string of the molecule is CS(=O)(=O)c1cnc(N2CCCC2)nc1C1CCN(C(=O)c2cscn2)CC1. The summed E-state index contributed by atoms with van der Waals surface area (Å²) in [7, 11) is -3.42. The number of anilines is 1. The number of hydrogen-bond acceptors (Lipinski definition) is 8. The van der Waals surface area contributed by atoms with Gasteiger partial charge in [0.2, 0.25) is 5.95 Å². The van der Waals surface area contributed by atoms with Gasteiger partial charge in [-0.25, -0.2) is 23.4 Å². The maximum absolute atomic E-state index is 12.5. The number of likely N-dealkylation sites (tertiary alicyclic amines) is 1. The normalized spacial score (nSPS) is 18.6. The number of rotatable bonds is 4. The fourth-order valence-electron chi connectivity index (χ4n) is 3.86. The van der Waals surface area contributed by atoms with Gasteiger partial charge in [0.05, 0.1) is 17.4 Å². The number of sulfone groups is 1. The van der Waals surface area contributed by atoms with Crippen LogP contribution in [0.5, 0.6) is 0 Å². The van der Waals surface area contributed by atoms with E-state index in [-0.39, 0.29) is 16.7 Å². The van der Waals surface area contributed by atoms with E-state index in [1.54, 1.807) is 15.8 Å². The van der Waals surface area contributed by atoms with E-state index < -0.39 is 9.84 Å². The Morgan fingerprint density at radius 3 is 2.46 bits per heavy atom. The molecule has 4 rings (SSSR count). The second kappa shape index (κ2) is 7.75. The molecule has 0 radical (unpaired) electrons. The van der Waals surface area contributed by atoms with Crippen molar-refractivity contribution in [1.29, 1.82) is 0 Å². The first-order valence-electron chi connectivity index (χ1n) is 9.43. The van der Waals surface area contributed by atoms with E-state index in [2.05, 4.69) is 19.9 Å². The quantitative estimate of drug-likeness (QED) is 0.744. The highest BCUT2D eigenvalue weighted by molar-refractivity contribution is 7.90. The molecule has 0 spiro atoms. The highest BCUT2D eigenvalue weighted by atomic mass is 32.2. The summed E-state index contributed by atoms with van der Waals surface area (Å²) in [6.07, 6.45) is 6.21. The Hall–Kier alpha value is -2.07. The van der Waals surface area contributed by atoms with Crippen molar-refractivity contribution in [2.75, 3.05) is 37.3 Å². The van der Waals surface area contributed by atoms with Crippen LogP contribution in [0, 0.1) is 0 Å². The second-order valence-corrected chi connectivity index (χ2v) is 10.0. The van der Waals surface area contributed by atoms with E-state index in [4.69, 9.17) is 0 Å². The maximum Gasteiger partial charge on any atom is 0.273 e. The van der Waals surface area contributed by atoms with Gasteiger partial charge in [-0.1, -0.05) is 0 Å². The predicted octanol–water partition coefficient (Wildman–Crippen LogP) is 1.96. The highest BCUT2D eigenvalue weighted by Crippen LogP contribution is 2.32. The zero-order chi connectivity index (χ0) is 19.7. The average Bonchev–Trinajstić information content (AvgIpc) is 3.40. The Labute approximate surface area is 168 Å². The molecule has 0 saturated carbocycles. The summed E-state index contributed by atoms with van der Waals surface area (Å²) < 4.78 is 24.6. The number of hydrogen-bond donors (Lipinski definition) is 0. The van der Waals surface area contributed by atoms with Crippen LogP contribution in [-0.4, -0.2) is 66.6 Å². The van der Waals surface area contributed by atoms with Crippen LogP contribution in [0.2, 0.25) is 0 Å². The number of carbonyl (C=O) groups excluding carboxylic acids is 1. The average molecular weight is 422 g/mol. The van der Waals surface area contributed by atoms with E-state index in [1.807, 2.05) is 0 Å². The smallest absolute Gasteiger partial charge is 0.273 e. The Morgan fingerprint density at radius 1 is 1.14 bits per heavy atom. The monoisotopic (exact) mass is 421 g/mol. The lowest BCUT2D eigenvalue weighted by atomic mass is 9.93. The summed E-state index contributed by atoms with van der Waals surface area (Å²) in [6, 6.07) is 0. The zero-order valence-electron chi connectivity index (χ0n) is 15.7. The van der Waals surface area contributed by atoms with Crippen LogP contribution in [0.15, 0.2) is 22.0 Å². The second-order valence-electron chi connectivity index (χ2n) is 7.33. The Balaban J connectivity index is 1.56. The standard InChI is InChI=1S/C18H23N5O3S2/c1-28(25,26)15-10-19-18(23-6-2-3-7-23)21-16(15)13-4-8-22(9-5-13)17(24)14-11-27-12-20-14/h10-13H,2-9H2,1H3. The third kappa shape index (κ3) is 3.88. The lowest BCUT2D eigenvalue weighted by Gasteiger charge is -2.32. The number of aromatic nitrogens is 3. The summed E-state index contributed by atoms with van der Waals surface area (Å²) in [4.78, 5) is 29.7. The molecule has 0 aromatic carbocycles. The molecule has 1 amide bonds. The van der Waals surface area contributed by atoms with Crippen molar-refractivity contribution in [2.45, 2.75) is 36.5 Å². The first-order chi connectivity index (χ1) is 13.4. The molecule has 0 aliphatic carbocycles. The van der Waals surface area contributed by atoms with Crippen molar-refractivity contribution < 1.29 is 13.2 Å². The Kier molecular flexibility index (Phi) is 5.33. The first-order valence-corrected chi connectivity index (χ1v) is 12.3. The van der Waals surface area contributed by atoms with E-state index in [1.165, 1.54) is 23.8 Å². The zero-order valence-corrected chi connectivity index (χ0v) is 17.4. The fourth-order valence-corrected chi connectivity index (χ4v) is 5.22. The maximum atomic E-state index is 12.5. The van der Waals surface area contributed by atoms with E-state index in [0.29, 0.717) is 43.3 Å². The molecule has 4 heterocycles. The van der Waals surface area contributed by atoms with E-state index in [9.17, 15) is 13.2 Å². The van der Waals surface area contributed by atoms with Gasteiger partial charge >= 0.3 is 0 Å². The van der Waals surface area contributed by atoms with Crippen molar-refractivity contribution in [3.63, 3.8) is 0 Å². The van der Waals surface area contributed by atoms with Gasteiger partial charge in [-0.2, -0.15) is 0 Å². The van der Waals surface area contributed by atoms with Gasteiger partial charge in [-0.3, -0.25) is 4.79 Å². The molecule has 2 aliphatic heterocycles. The molecule has 150 valence electrons. The van der Waals surface area contributed by atoms with Crippen LogP contribution in [0.3, 0.4) is 0 Å². The number of nitrogens with zero attached hydrogens (tertiary/aromatic N) is 5. The lowest BCUT2D eigenvalue weighted by molar-refractivity contribution is 0.0706. The van der Waals surface area contributed by atoms with Crippen molar-refractivity contribution in [3.8, 4) is 0 Å². The van der Waals surface area contributed by atoms with E-state index >= 15 is 0 Å². The van der Waals surface area contributed by atoms with Crippen molar-refractivity contribution in [3.05, 3.63) is 28.5 Å². The van der Waals surface area contributed by atoms with Crippen LogP contribution in [-0.2, 0) is 9.84 Å². The van der Waals surface area contributed by atoms with Crippen LogP contribution >= 0.6 is 11.3 Å². The molecule has 8 nitrogen and oxygen atoms in total. The summed E-state index contributed by atoms with van der Waals surface area (Å²) in [6.45, 7) is 2.93. The summed E-state index contributed by atoms with van der Waals surface area (Å²) >= 11 is 1.40. The van der Waals surface area contributed by atoms with Crippen LogP contribution in [0.25, 0.3) is 0 Å². The van der Waals surface area contributed by atoms with Crippen LogP contribution in [0.1, 0.15) is 47.8 Å². The number of amides is 1. The minimum absolute atomic E-state index is 0.00596. The van der Waals surface area contributed by atoms with Gasteiger partial charge < -0.3 is 9.80 Å². The van der Waals surface area contributed by atoms with Gasteiger partial charge in [-0.15, -0.1) is 11.3 Å². The van der Waals surface area contributed by atoms with Gasteiger partial charge in [0.25, 0.3) is 5.91 Å². The van der Waals surface area contributed by atoms with Crippen molar-refractivity contribution in [2.24, 2.45) is 0 Å². The number of piperidine rings is 1. The Bertz CT molecular complexity index is 948. The molecule has 2 aliphatic rings. The number of carbonyl (C=O) groups is 1. The van der Waals surface area contributed by atoms with Gasteiger partial charge in [-0.05, 0) is 25.7 Å². The van der Waals surface area contributed by atoms with E-state index in [0.717, 1.165) is 25.9 Å². The summed E-state index contributed by atoms with van der Waals surface area (Å²) in [5.74, 6) is 0.540. The van der Waals surface area contributed by atoms with Gasteiger partial charge in [0.1, 0.15) is 10.6 Å². The largest absolute Gasteiger partial charge is 0.341 e. The van der Waals surface area contributed by atoms with Crippen molar-refractivity contribution in [1.82, 2.24) is 19.9 Å². The minimum atomic E-state index is -3.42. The third-order valence-electron chi connectivity index (χ3n) is 5.38. The molecule has 0 atom stereocenters. The van der Waals surface area contributed by atoms with Crippen LogP contribution < -0.4 is 4.90 Å². The predicted molar refractivity (Wildman–Crippen MR) is 107 cm³/mol. The molecule has 10 heteroatoms. The molecule has 0 unspecified atom stereocenters. The molecular weight excluding hydrogens is 398 g/mol. The molecule has 2 aromatic heterocycles. The van der Waals surface area contributed by atoms with Gasteiger partial charge in [0, 0.05) is 43.7 Å². The Morgan fingerprint density at radius 2 is 1.86 bits per heavy atom. The molecule has 2 aromatic rings.